The summed E-state index contributed by atoms with van der Waals surface area (Å²) in [6, 6.07) is 16.4. The molecule has 0 radical (unpaired) electrons. The van der Waals surface area contributed by atoms with Gasteiger partial charge in [-0.15, -0.1) is 0 Å². The lowest BCUT2D eigenvalue weighted by Crippen LogP contribution is -2.57. The number of piperazine rings is 1. The van der Waals surface area contributed by atoms with Gasteiger partial charge in [-0.3, -0.25) is 14.6 Å². The van der Waals surface area contributed by atoms with E-state index in [4.69, 9.17) is 0 Å². The number of ketones is 1. The van der Waals surface area contributed by atoms with E-state index in [0.717, 1.165) is 12.1 Å². The predicted molar refractivity (Wildman–Crippen MR) is 103 cm³/mol. The van der Waals surface area contributed by atoms with Crippen molar-refractivity contribution in [2.24, 2.45) is 5.92 Å². The Hall–Kier alpha value is -2.18. The van der Waals surface area contributed by atoms with E-state index in [0.29, 0.717) is 31.7 Å². The van der Waals surface area contributed by atoms with Gasteiger partial charge >= 0.3 is 6.18 Å². The molecule has 1 saturated heterocycles. The van der Waals surface area contributed by atoms with Crippen LogP contribution >= 0.6 is 0 Å². The van der Waals surface area contributed by atoms with Gasteiger partial charge < -0.3 is 0 Å². The molecule has 0 spiro atoms. The zero-order valence-corrected chi connectivity index (χ0v) is 15.9. The third-order valence-electron chi connectivity index (χ3n) is 5.33. The Labute approximate surface area is 163 Å². The number of alkyl halides is 3. The summed E-state index contributed by atoms with van der Waals surface area (Å²) >= 11 is 0. The molecule has 1 fully saturated rings. The summed E-state index contributed by atoms with van der Waals surface area (Å²) < 4.78 is 41.6. The number of nitrogens with zero attached hydrogens (tertiary/aromatic N) is 2. The molecule has 2 atom stereocenters. The van der Waals surface area contributed by atoms with Crippen LogP contribution in [0.15, 0.2) is 60.7 Å². The first-order chi connectivity index (χ1) is 13.4. The van der Waals surface area contributed by atoms with E-state index < -0.39 is 23.9 Å². The molecule has 2 aromatic rings. The highest BCUT2D eigenvalue weighted by atomic mass is 19.4. The van der Waals surface area contributed by atoms with Gasteiger partial charge in [0, 0.05) is 44.2 Å². The van der Waals surface area contributed by atoms with Crippen LogP contribution < -0.4 is 0 Å². The fraction of sp³-hybridized carbons (Fsp3) is 0.409. The molecule has 0 aromatic heterocycles. The molecule has 1 aliphatic heterocycles. The van der Waals surface area contributed by atoms with Gasteiger partial charge in [0.1, 0.15) is 6.04 Å². The molecule has 3 rings (SSSR count). The summed E-state index contributed by atoms with van der Waals surface area (Å²) in [4.78, 5) is 16.2. The largest absolute Gasteiger partial charge is 0.404 e. The summed E-state index contributed by atoms with van der Waals surface area (Å²) in [7, 11) is 0. The van der Waals surface area contributed by atoms with Crippen molar-refractivity contribution in [3.05, 3.63) is 71.8 Å². The molecular weight excluding hydrogens is 365 g/mol. The minimum Gasteiger partial charge on any atom is -0.297 e. The number of hydrogen-bond donors (Lipinski definition) is 0. The van der Waals surface area contributed by atoms with Crippen molar-refractivity contribution in [2.75, 3.05) is 26.2 Å². The fourth-order valence-electron chi connectivity index (χ4n) is 3.86. The number of carbonyl (C=O) groups excluding carboxylic acids is 1. The predicted octanol–water partition coefficient (Wildman–Crippen LogP) is 4.25. The van der Waals surface area contributed by atoms with Crippen molar-refractivity contribution in [1.82, 2.24) is 9.80 Å². The lowest BCUT2D eigenvalue weighted by molar-refractivity contribution is -0.196. The number of halogens is 3. The molecular formula is C22H25F3N2O. The summed E-state index contributed by atoms with van der Waals surface area (Å²) in [5.41, 5.74) is 1.47. The van der Waals surface area contributed by atoms with Crippen molar-refractivity contribution in [2.45, 2.75) is 25.7 Å². The molecule has 0 N–H and O–H groups in total. The first-order valence-corrected chi connectivity index (χ1v) is 9.52. The van der Waals surface area contributed by atoms with E-state index in [1.807, 2.05) is 30.3 Å². The molecule has 3 nitrogen and oxygen atoms in total. The van der Waals surface area contributed by atoms with Gasteiger partial charge in [-0.2, -0.15) is 13.2 Å². The fourth-order valence-corrected chi connectivity index (χ4v) is 3.86. The summed E-state index contributed by atoms with van der Waals surface area (Å²) in [6.07, 6.45) is -4.45. The number of benzene rings is 2. The van der Waals surface area contributed by atoms with E-state index >= 15 is 0 Å². The van der Waals surface area contributed by atoms with Crippen molar-refractivity contribution < 1.29 is 18.0 Å². The van der Waals surface area contributed by atoms with Crippen molar-refractivity contribution in [3.63, 3.8) is 0 Å². The van der Waals surface area contributed by atoms with E-state index in [2.05, 4.69) is 4.90 Å². The second kappa shape index (κ2) is 8.88. The Morgan fingerprint density at radius 1 is 0.929 bits per heavy atom. The first-order valence-electron chi connectivity index (χ1n) is 9.52. The topological polar surface area (TPSA) is 23.6 Å². The van der Waals surface area contributed by atoms with Crippen LogP contribution in [-0.2, 0) is 6.54 Å². The maximum Gasteiger partial charge on any atom is 0.404 e. The molecule has 2 aromatic carbocycles. The van der Waals surface area contributed by atoms with Crippen LogP contribution in [0.1, 0.15) is 22.8 Å². The van der Waals surface area contributed by atoms with Gasteiger partial charge in [0.25, 0.3) is 0 Å². The minimum atomic E-state index is -4.45. The quantitative estimate of drug-likeness (QED) is 0.689. The van der Waals surface area contributed by atoms with Gasteiger partial charge in [0.05, 0.1) is 0 Å². The van der Waals surface area contributed by atoms with Gasteiger partial charge in [0.2, 0.25) is 0 Å². The molecule has 2 unspecified atom stereocenters. The van der Waals surface area contributed by atoms with Crippen LogP contribution in [-0.4, -0.2) is 54.0 Å². The monoisotopic (exact) mass is 390 g/mol. The summed E-state index contributed by atoms with van der Waals surface area (Å²) in [6.45, 7) is 3.81. The van der Waals surface area contributed by atoms with Crippen LogP contribution in [0.3, 0.4) is 0 Å². The average molecular weight is 390 g/mol. The first kappa shape index (κ1) is 20.6. The molecule has 150 valence electrons. The Balaban J connectivity index is 1.67. The van der Waals surface area contributed by atoms with Crippen LogP contribution in [0.4, 0.5) is 13.2 Å². The van der Waals surface area contributed by atoms with Crippen LogP contribution in [0.5, 0.6) is 0 Å². The highest BCUT2D eigenvalue weighted by Gasteiger charge is 2.49. The number of hydrogen-bond acceptors (Lipinski definition) is 3. The second-order valence-electron chi connectivity index (χ2n) is 7.30. The summed E-state index contributed by atoms with van der Waals surface area (Å²) in [5, 5.41) is 0. The minimum absolute atomic E-state index is 0.295. The highest BCUT2D eigenvalue weighted by Crippen LogP contribution is 2.32. The van der Waals surface area contributed by atoms with Gasteiger partial charge in [-0.1, -0.05) is 67.6 Å². The third-order valence-corrected chi connectivity index (χ3v) is 5.33. The number of carbonyl (C=O) groups is 1. The van der Waals surface area contributed by atoms with Crippen molar-refractivity contribution >= 4 is 5.78 Å². The zero-order chi connectivity index (χ0) is 20.1. The third kappa shape index (κ3) is 5.00. The number of Topliss-reactive ketones (excluding diaryl/α,β-unsaturated/α-hetero) is 1. The van der Waals surface area contributed by atoms with E-state index in [1.54, 1.807) is 30.3 Å². The highest BCUT2D eigenvalue weighted by molar-refractivity contribution is 5.98. The number of rotatable bonds is 6. The van der Waals surface area contributed by atoms with E-state index in [-0.39, 0.29) is 0 Å². The molecule has 28 heavy (non-hydrogen) atoms. The maximum absolute atomic E-state index is 13.9. The summed E-state index contributed by atoms with van der Waals surface area (Å²) in [5.74, 6) is -1.61. The molecule has 1 heterocycles. The SMILES string of the molecule is CC(C(=O)c1ccccc1)C(N1CCN(Cc2ccccc2)CC1)C(F)(F)F. The second-order valence-corrected chi connectivity index (χ2v) is 7.30. The van der Waals surface area contributed by atoms with E-state index in [9.17, 15) is 18.0 Å². The van der Waals surface area contributed by atoms with Crippen LogP contribution in [0.2, 0.25) is 0 Å². The van der Waals surface area contributed by atoms with Crippen LogP contribution in [0.25, 0.3) is 0 Å². The van der Waals surface area contributed by atoms with Gasteiger partial charge in [-0.25, -0.2) is 0 Å². The molecule has 0 saturated carbocycles. The van der Waals surface area contributed by atoms with Crippen LogP contribution in [0, 0.1) is 5.92 Å². The van der Waals surface area contributed by atoms with Crippen molar-refractivity contribution in [3.8, 4) is 0 Å². The lowest BCUT2D eigenvalue weighted by atomic mass is 9.90. The molecule has 0 amide bonds. The Morgan fingerprint density at radius 3 is 2.00 bits per heavy atom. The smallest absolute Gasteiger partial charge is 0.297 e. The normalized spacial score (nSPS) is 18.6. The maximum atomic E-state index is 13.9. The lowest BCUT2D eigenvalue weighted by Gasteiger charge is -2.41. The molecule has 1 aliphatic rings. The zero-order valence-electron chi connectivity index (χ0n) is 15.9. The Bertz CT molecular complexity index is 756. The van der Waals surface area contributed by atoms with E-state index in [1.165, 1.54) is 11.8 Å². The Kier molecular flexibility index (Phi) is 6.52. The van der Waals surface area contributed by atoms with Gasteiger partial charge in [-0.05, 0) is 5.56 Å². The Morgan fingerprint density at radius 2 is 1.46 bits per heavy atom. The average Bonchev–Trinajstić information content (AvgIpc) is 2.69. The molecule has 0 bridgehead atoms. The molecule has 0 aliphatic carbocycles. The van der Waals surface area contributed by atoms with Gasteiger partial charge in [0.15, 0.2) is 5.78 Å². The standard InChI is InChI=1S/C22H25F3N2O/c1-17(20(28)19-10-6-3-7-11-19)21(22(23,24)25)27-14-12-26(13-15-27)16-18-8-4-2-5-9-18/h2-11,17,21H,12-16H2,1H3. The molecule has 6 heteroatoms. The van der Waals surface area contributed by atoms with Crippen molar-refractivity contribution in [1.29, 1.82) is 0 Å².